The fourth-order valence-electron chi connectivity index (χ4n) is 1.62. The van der Waals surface area contributed by atoms with E-state index in [0.717, 1.165) is 12.8 Å². The Bertz CT molecular complexity index is 479. The summed E-state index contributed by atoms with van der Waals surface area (Å²) in [5, 5.41) is 29.5. The number of fused-ring (bicyclic) bond motifs is 1. The van der Waals surface area contributed by atoms with Crippen LogP contribution in [0.15, 0.2) is 6.07 Å². The first-order valence-electron chi connectivity index (χ1n) is 4.98. The number of aromatic amines is 1. The highest BCUT2D eigenvalue weighted by Gasteiger charge is 2.14. The van der Waals surface area contributed by atoms with E-state index in [4.69, 9.17) is 0 Å². The third-order valence-electron chi connectivity index (χ3n) is 2.44. The number of hydrogen-bond acceptors (Lipinski definition) is 4. The average Bonchev–Trinajstić information content (AvgIpc) is 2.66. The van der Waals surface area contributed by atoms with Crippen LogP contribution in [-0.4, -0.2) is 25.6 Å². The van der Waals surface area contributed by atoms with Gasteiger partial charge in [0.2, 0.25) is 0 Å². The predicted molar refractivity (Wildman–Crippen MR) is 55.8 cm³/mol. The van der Waals surface area contributed by atoms with Gasteiger partial charge in [0.15, 0.2) is 11.5 Å². The maximum absolute atomic E-state index is 9.71. The molecule has 0 aliphatic rings. The molecule has 1 heterocycles. The molecule has 0 atom stereocenters. The molecule has 0 saturated heterocycles. The van der Waals surface area contributed by atoms with Gasteiger partial charge in [-0.15, -0.1) is 0 Å². The summed E-state index contributed by atoms with van der Waals surface area (Å²) in [4.78, 5) is 0. The van der Waals surface area contributed by atoms with Crippen molar-refractivity contribution in [3.8, 4) is 11.5 Å². The Morgan fingerprint density at radius 1 is 1.33 bits per heavy atom. The van der Waals surface area contributed by atoms with Crippen LogP contribution in [0.5, 0.6) is 11.5 Å². The number of nitrogens with one attached hydrogen (secondary N) is 1. The van der Waals surface area contributed by atoms with E-state index in [9.17, 15) is 10.2 Å². The number of phenolic OH excluding ortho intramolecular Hbond substituents is 2. The van der Waals surface area contributed by atoms with Gasteiger partial charge in [-0.05, 0) is 12.8 Å². The molecule has 0 spiro atoms. The first-order chi connectivity index (χ1) is 7.24. The molecule has 5 nitrogen and oxygen atoms in total. The van der Waals surface area contributed by atoms with E-state index in [2.05, 4.69) is 22.3 Å². The Morgan fingerprint density at radius 2 is 2.13 bits per heavy atom. The largest absolute Gasteiger partial charge is 0.504 e. The first-order valence-corrected chi connectivity index (χ1v) is 4.98. The summed E-state index contributed by atoms with van der Waals surface area (Å²) >= 11 is 0. The highest BCUT2D eigenvalue weighted by Crippen LogP contribution is 2.34. The van der Waals surface area contributed by atoms with Crippen molar-refractivity contribution in [3.05, 3.63) is 11.6 Å². The van der Waals surface area contributed by atoms with Gasteiger partial charge in [0.05, 0.1) is 0 Å². The monoisotopic (exact) mass is 207 g/mol. The van der Waals surface area contributed by atoms with Gasteiger partial charge in [0.25, 0.3) is 0 Å². The summed E-state index contributed by atoms with van der Waals surface area (Å²) in [5.74, 6) is -0.215. The van der Waals surface area contributed by atoms with Crippen molar-refractivity contribution in [1.82, 2.24) is 15.4 Å². The zero-order valence-corrected chi connectivity index (χ0v) is 8.49. The Kier molecular flexibility index (Phi) is 2.45. The fourth-order valence-corrected chi connectivity index (χ4v) is 1.62. The fraction of sp³-hybridized carbons (Fsp3) is 0.400. The second-order valence-electron chi connectivity index (χ2n) is 3.52. The topological polar surface area (TPSA) is 82.0 Å². The van der Waals surface area contributed by atoms with Crippen LogP contribution in [0, 0.1) is 0 Å². The van der Waals surface area contributed by atoms with Gasteiger partial charge in [-0.2, -0.15) is 15.4 Å². The molecule has 5 heteroatoms. The van der Waals surface area contributed by atoms with Crippen LogP contribution < -0.4 is 0 Å². The van der Waals surface area contributed by atoms with Gasteiger partial charge < -0.3 is 10.2 Å². The van der Waals surface area contributed by atoms with Crippen molar-refractivity contribution >= 4 is 11.0 Å². The number of nitrogens with zero attached hydrogens (tertiary/aromatic N) is 2. The van der Waals surface area contributed by atoms with Crippen molar-refractivity contribution in [1.29, 1.82) is 0 Å². The molecule has 0 radical (unpaired) electrons. The Balaban J connectivity index is 2.56. The van der Waals surface area contributed by atoms with E-state index in [0.29, 0.717) is 23.0 Å². The average molecular weight is 207 g/mol. The van der Waals surface area contributed by atoms with Gasteiger partial charge in [0.1, 0.15) is 11.0 Å². The third kappa shape index (κ3) is 1.60. The molecular formula is C10H13N3O2. The molecule has 3 N–H and O–H groups in total. The Hall–Kier alpha value is -1.78. The zero-order valence-electron chi connectivity index (χ0n) is 8.49. The lowest BCUT2D eigenvalue weighted by atomic mass is 10.0. The molecule has 0 saturated carbocycles. The summed E-state index contributed by atoms with van der Waals surface area (Å²) in [5.41, 5.74) is 1.88. The molecule has 1 aromatic heterocycles. The molecule has 0 unspecified atom stereocenters. The minimum absolute atomic E-state index is 0.0788. The molecule has 0 aliphatic heterocycles. The maximum Gasteiger partial charge on any atom is 0.163 e. The number of H-pyrrole nitrogens is 1. The van der Waals surface area contributed by atoms with Crippen molar-refractivity contribution < 1.29 is 10.2 Å². The molecule has 2 rings (SSSR count). The SMILES string of the molecule is CCCCc1c(O)c(O)cc2n[nH]nc12. The highest BCUT2D eigenvalue weighted by molar-refractivity contribution is 5.82. The van der Waals surface area contributed by atoms with Crippen LogP contribution in [0.1, 0.15) is 25.3 Å². The van der Waals surface area contributed by atoms with Gasteiger partial charge >= 0.3 is 0 Å². The van der Waals surface area contributed by atoms with Crippen LogP contribution in [0.25, 0.3) is 11.0 Å². The minimum atomic E-state index is -0.137. The van der Waals surface area contributed by atoms with Gasteiger partial charge in [0, 0.05) is 11.6 Å². The van der Waals surface area contributed by atoms with E-state index in [1.165, 1.54) is 6.07 Å². The molecule has 15 heavy (non-hydrogen) atoms. The van der Waals surface area contributed by atoms with Crippen LogP contribution >= 0.6 is 0 Å². The van der Waals surface area contributed by atoms with Crippen LogP contribution in [-0.2, 0) is 6.42 Å². The number of rotatable bonds is 3. The Morgan fingerprint density at radius 3 is 2.87 bits per heavy atom. The molecule has 0 bridgehead atoms. The number of aromatic nitrogens is 3. The minimum Gasteiger partial charge on any atom is -0.504 e. The molecule has 2 aromatic rings. The maximum atomic E-state index is 9.71. The normalized spacial score (nSPS) is 11.0. The number of benzene rings is 1. The quantitative estimate of drug-likeness (QED) is 0.669. The zero-order chi connectivity index (χ0) is 10.8. The van der Waals surface area contributed by atoms with Crippen LogP contribution in [0.2, 0.25) is 0 Å². The molecule has 80 valence electrons. The third-order valence-corrected chi connectivity index (χ3v) is 2.44. The van der Waals surface area contributed by atoms with Crippen LogP contribution in [0.4, 0.5) is 0 Å². The standard InChI is InChI=1S/C10H13N3O2/c1-2-3-4-6-9-7(11-13-12-9)5-8(14)10(6)15/h5,14-15H,2-4H2,1H3,(H,11,12,13). The summed E-state index contributed by atoms with van der Waals surface area (Å²) in [7, 11) is 0. The molecular weight excluding hydrogens is 194 g/mol. The summed E-state index contributed by atoms with van der Waals surface area (Å²) < 4.78 is 0. The molecule has 0 fully saturated rings. The van der Waals surface area contributed by atoms with Crippen molar-refractivity contribution in [2.24, 2.45) is 0 Å². The van der Waals surface area contributed by atoms with Crippen molar-refractivity contribution in [2.45, 2.75) is 26.2 Å². The van der Waals surface area contributed by atoms with Gasteiger partial charge in [-0.25, -0.2) is 0 Å². The molecule has 1 aromatic carbocycles. The first kappa shape index (κ1) is 9.76. The summed E-state index contributed by atoms with van der Waals surface area (Å²) in [6, 6.07) is 1.41. The second-order valence-corrected chi connectivity index (χ2v) is 3.52. The molecule has 0 amide bonds. The van der Waals surface area contributed by atoms with Crippen molar-refractivity contribution in [3.63, 3.8) is 0 Å². The summed E-state index contributed by atoms with van der Waals surface area (Å²) in [6.07, 6.45) is 2.66. The van der Waals surface area contributed by atoms with E-state index in [-0.39, 0.29) is 11.5 Å². The van der Waals surface area contributed by atoms with Gasteiger partial charge in [-0.1, -0.05) is 13.3 Å². The Labute approximate surface area is 86.7 Å². The van der Waals surface area contributed by atoms with Crippen LogP contribution in [0.3, 0.4) is 0 Å². The number of aryl methyl sites for hydroxylation is 1. The number of unbranched alkanes of at least 4 members (excludes halogenated alkanes) is 1. The lowest BCUT2D eigenvalue weighted by Gasteiger charge is -2.05. The van der Waals surface area contributed by atoms with E-state index in [1.807, 2.05) is 0 Å². The highest BCUT2D eigenvalue weighted by atomic mass is 16.3. The number of hydrogen-bond donors (Lipinski definition) is 3. The predicted octanol–water partition coefficient (Wildman–Crippen LogP) is 1.71. The smallest absolute Gasteiger partial charge is 0.163 e. The lowest BCUT2D eigenvalue weighted by Crippen LogP contribution is -1.89. The lowest BCUT2D eigenvalue weighted by molar-refractivity contribution is 0.400. The van der Waals surface area contributed by atoms with E-state index in [1.54, 1.807) is 0 Å². The summed E-state index contributed by atoms with van der Waals surface area (Å²) in [6.45, 7) is 2.07. The van der Waals surface area contributed by atoms with E-state index < -0.39 is 0 Å². The molecule has 0 aliphatic carbocycles. The second kappa shape index (κ2) is 3.76. The van der Waals surface area contributed by atoms with Gasteiger partial charge in [-0.3, -0.25) is 0 Å². The number of phenols is 2. The van der Waals surface area contributed by atoms with E-state index >= 15 is 0 Å². The number of aromatic hydroxyl groups is 2. The van der Waals surface area contributed by atoms with Crippen molar-refractivity contribution in [2.75, 3.05) is 0 Å².